The number of rotatable bonds is 8. The van der Waals surface area contributed by atoms with E-state index in [1.165, 1.54) is 6.20 Å². The van der Waals surface area contributed by atoms with Gasteiger partial charge in [0.15, 0.2) is 0 Å². The minimum absolute atomic E-state index is 0.129. The van der Waals surface area contributed by atoms with E-state index in [-0.39, 0.29) is 17.1 Å². The number of nitriles is 1. The van der Waals surface area contributed by atoms with Crippen molar-refractivity contribution in [2.24, 2.45) is 16.1 Å². The fraction of sp³-hybridized carbons (Fsp3) is 0.500. The Morgan fingerprint density at radius 2 is 1.89 bits per heavy atom. The van der Waals surface area contributed by atoms with Gasteiger partial charge in [-0.2, -0.15) is 18.4 Å². The fourth-order valence-electron chi connectivity index (χ4n) is 7.57. The number of nitrogens with one attached hydrogen (secondary N) is 1. The summed E-state index contributed by atoms with van der Waals surface area (Å²) in [5.74, 6) is 0.689. The number of allylic oxidation sites excluding steroid dienone is 1. The van der Waals surface area contributed by atoms with Gasteiger partial charge in [-0.25, -0.2) is 4.99 Å². The average molecular weight is 647 g/mol. The number of alkyl halides is 3. The van der Waals surface area contributed by atoms with Crippen LogP contribution in [-0.2, 0) is 13.0 Å². The fourth-order valence-corrected chi connectivity index (χ4v) is 7.57. The number of fused-ring (bicyclic) bond motifs is 1. The van der Waals surface area contributed by atoms with Gasteiger partial charge in [-0.05, 0) is 61.1 Å². The SMILES string of the molecule is C=CN=C(c1cc(CC(F)(F)F)ccc1C)N1CC2(CCN(C(N)C3=Cc4cc(C#N)n(CCN5CCNCC5)c4C=CC3)CC2)C1. The molecule has 11 heteroatoms. The Labute approximate surface area is 275 Å². The van der Waals surface area contributed by atoms with E-state index < -0.39 is 12.6 Å². The van der Waals surface area contributed by atoms with Gasteiger partial charge in [-0.1, -0.05) is 30.9 Å². The molecule has 1 unspecified atom stereocenters. The van der Waals surface area contributed by atoms with Crippen LogP contribution in [0.4, 0.5) is 13.2 Å². The van der Waals surface area contributed by atoms with Gasteiger partial charge < -0.3 is 20.5 Å². The lowest BCUT2D eigenvalue weighted by atomic mass is 9.71. The number of nitrogens with zero attached hydrogens (tertiary/aromatic N) is 6. The summed E-state index contributed by atoms with van der Waals surface area (Å²) in [7, 11) is 0. The molecule has 3 N–H and O–H groups in total. The quantitative estimate of drug-likeness (QED) is 0.318. The molecule has 0 saturated carbocycles. The summed E-state index contributed by atoms with van der Waals surface area (Å²) in [6.07, 6.45) is 5.26. The molecule has 1 atom stereocenters. The number of hydrogen-bond acceptors (Lipinski definition) is 6. The standard InChI is InChI=1S/C36H45F3N8/c1-3-43-34(31-19-27(8-7-26(31)2)22-36(37,38)39)46-24-35(25-46)9-13-45(14-10-35)33(41)28-5-4-6-32-29(20-28)21-30(23-40)47(32)18-17-44-15-11-42-12-16-44/h3-4,6-8,19-21,33,42H,1,5,9-18,22,24-25,41H2,2H3. The molecule has 0 radical (unpaired) electrons. The first-order valence-corrected chi connectivity index (χ1v) is 16.6. The lowest BCUT2D eigenvalue weighted by Crippen LogP contribution is -2.63. The van der Waals surface area contributed by atoms with Crippen LogP contribution < -0.4 is 11.1 Å². The molecule has 250 valence electrons. The van der Waals surface area contributed by atoms with Gasteiger partial charge in [-0.3, -0.25) is 9.80 Å². The Hall–Kier alpha value is -3.69. The summed E-state index contributed by atoms with van der Waals surface area (Å²) < 4.78 is 41.5. The van der Waals surface area contributed by atoms with E-state index in [9.17, 15) is 18.4 Å². The molecule has 0 bridgehead atoms. The second-order valence-electron chi connectivity index (χ2n) is 13.5. The number of halogens is 3. The van der Waals surface area contributed by atoms with E-state index in [1.54, 1.807) is 18.2 Å². The van der Waals surface area contributed by atoms with Crippen LogP contribution in [0.5, 0.6) is 0 Å². The molecule has 1 aliphatic carbocycles. The van der Waals surface area contributed by atoms with Gasteiger partial charge in [-0.15, -0.1) is 0 Å². The molecule has 1 aromatic heterocycles. The zero-order valence-corrected chi connectivity index (χ0v) is 27.2. The smallest absolute Gasteiger partial charge is 0.355 e. The number of aryl methyl sites for hydroxylation is 1. The number of aliphatic imine (C=N–C) groups is 1. The number of piperazine rings is 1. The predicted octanol–water partition coefficient (Wildman–Crippen LogP) is 4.75. The van der Waals surface area contributed by atoms with Crippen molar-refractivity contribution in [3.8, 4) is 6.07 Å². The summed E-state index contributed by atoms with van der Waals surface area (Å²) in [5.41, 5.74) is 12.8. The van der Waals surface area contributed by atoms with Crippen molar-refractivity contribution in [3.63, 3.8) is 0 Å². The first-order chi connectivity index (χ1) is 22.6. The molecule has 3 saturated heterocycles. The highest BCUT2D eigenvalue weighted by Crippen LogP contribution is 2.42. The average Bonchev–Trinajstić information content (AvgIpc) is 3.22. The van der Waals surface area contributed by atoms with Crippen LogP contribution in [0.2, 0.25) is 0 Å². The Balaban J connectivity index is 1.09. The Bertz CT molecular complexity index is 1590. The van der Waals surface area contributed by atoms with Crippen molar-refractivity contribution in [3.05, 3.63) is 82.3 Å². The molecule has 47 heavy (non-hydrogen) atoms. The molecule has 6 rings (SSSR count). The first-order valence-electron chi connectivity index (χ1n) is 16.6. The van der Waals surface area contributed by atoms with Gasteiger partial charge in [0.2, 0.25) is 0 Å². The lowest BCUT2D eigenvalue weighted by molar-refractivity contribution is -0.127. The van der Waals surface area contributed by atoms with E-state index in [4.69, 9.17) is 5.73 Å². The molecule has 2 aromatic rings. The third kappa shape index (κ3) is 7.41. The molecule has 1 spiro atoms. The molecule has 3 aliphatic heterocycles. The van der Waals surface area contributed by atoms with Gasteiger partial charge in [0.1, 0.15) is 17.6 Å². The van der Waals surface area contributed by atoms with Crippen molar-refractivity contribution < 1.29 is 13.2 Å². The highest BCUT2D eigenvalue weighted by Gasteiger charge is 2.47. The van der Waals surface area contributed by atoms with Crippen molar-refractivity contribution in [1.82, 2.24) is 24.6 Å². The topological polar surface area (TPSA) is 88.9 Å². The number of likely N-dealkylation sites (tertiary alicyclic amines) is 2. The van der Waals surface area contributed by atoms with Gasteiger partial charge in [0.25, 0.3) is 0 Å². The Morgan fingerprint density at radius 3 is 2.57 bits per heavy atom. The molecule has 8 nitrogen and oxygen atoms in total. The molecular weight excluding hydrogens is 601 g/mol. The van der Waals surface area contributed by atoms with E-state index in [0.717, 1.165) is 113 Å². The molecule has 1 aromatic carbocycles. The van der Waals surface area contributed by atoms with Crippen LogP contribution in [0.3, 0.4) is 0 Å². The Kier molecular flexibility index (Phi) is 9.76. The summed E-state index contributed by atoms with van der Waals surface area (Å²) in [5, 5.41) is 13.3. The van der Waals surface area contributed by atoms with Gasteiger partial charge in [0, 0.05) is 93.9 Å². The normalized spacial score (nSPS) is 21.1. The lowest BCUT2D eigenvalue weighted by Gasteiger charge is -2.55. The molecule has 4 heterocycles. The molecule has 3 fully saturated rings. The number of benzene rings is 1. The van der Waals surface area contributed by atoms with Crippen LogP contribution in [0.1, 0.15) is 52.9 Å². The van der Waals surface area contributed by atoms with Gasteiger partial charge >= 0.3 is 6.18 Å². The van der Waals surface area contributed by atoms with Crippen molar-refractivity contribution in [1.29, 1.82) is 5.26 Å². The number of hydrogen-bond donors (Lipinski definition) is 2. The highest BCUT2D eigenvalue weighted by molar-refractivity contribution is 6.01. The van der Waals surface area contributed by atoms with E-state index >= 15 is 0 Å². The Morgan fingerprint density at radius 1 is 1.15 bits per heavy atom. The second kappa shape index (κ2) is 13.8. The predicted molar refractivity (Wildman–Crippen MR) is 181 cm³/mol. The van der Waals surface area contributed by atoms with E-state index in [2.05, 4.69) is 60.5 Å². The van der Waals surface area contributed by atoms with Crippen LogP contribution in [0.15, 0.2) is 53.7 Å². The number of nitrogens with two attached hydrogens (primary N) is 1. The summed E-state index contributed by atoms with van der Waals surface area (Å²) in [6.45, 7) is 14.8. The number of amidine groups is 1. The van der Waals surface area contributed by atoms with E-state index in [0.29, 0.717) is 11.5 Å². The molecule has 4 aliphatic rings. The largest absolute Gasteiger partial charge is 0.393 e. The maximum absolute atomic E-state index is 13.1. The first kappa shape index (κ1) is 33.2. The van der Waals surface area contributed by atoms with Crippen molar-refractivity contribution in [2.75, 3.05) is 58.9 Å². The highest BCUT2D eigenvalue weighted by atomic mass is 19.4. The third-order valence-corrected chi connectivity index (χ3v) is 10.2. The summed E-state index contributed by atoms with van der Waals surface area (Å²) >= 11 is 0. The van der Waals surface area contributed by atoms with E-state index in [1.807, 2.05) is 13.0 Å². The molecule has 0 amide bonds. The maximum atomic E-state index is 13.1. The minimum Gasteiger partial charge on any atom is -0.355 e. The zero-order chi connectivity index (χ0) is 33.2. The molecular formula is C36H45F3N8. The van der Waals surface area contributed by atoms with Gasteiger partial charge in [0.05, 0.1) is 12.6 Å². The van der Waals surface area contributed by atoms with Crippen LogP contribution in [-0.4, -0.2) is 96.3 Å². The summed E-state index contributed by atoms with van der Waals surface area (Å²) in [4.78, 5) is 11.5. The van der Waals surface area contributed by atoms with Crippen LogP contribution in [0, 0.1) is 23.7 Å². The van der Waals surface area contributed by atoms with Crippen molar-refractivity contribution >= 4 is 18.0 Å². The summed E-state index contributed by atoms with van der Waals surface area (Å²) in [6, 6.07) is 9.30. The van der Waals surface area contributed by atoms with Crippen molar-refractivity contribution in [2.45, 2.75) is 51.5 Å². The number of piperidine rings is 1. The van der Waals surface area contributed by atoms with Crippen LogP contribution >= 0.6 is 0 Å². The maximum Gasteiger partial charge on any atom is 0.393 e. The number of aromatic nitrogens is 1. The zero-order valence-electron chi connectivity index (χ0n) is 27.2. The minimum atomic E-state index is -4.27. The second-order valence-corrected chi connectivity index (χ2v) is 13.5. The third-order valence-electron chi connectivity index (χ3n) is 10.2. The monoisotopic (exact) mass is 646 g/mol. The van der Waals surface area contributed by atoms with Crippen LogP contribution in [0.25, 0.3) is 12.2 Å².